The van der Waals surface area contributed by atoms with Crippen LogP contribution in [0, 0.1) is 0 Å². The Morgan fingerprint density at radius 1 is 0.273 bits per heavy atom. The molecule has 0 spiro atoms. The molecule has 308 valence electrons. The summed E-state index contributed by atoms with van der Waals surface area (Å²) < 4.78 is 2.48. The Hall–Kier alpha value is -8.72. The summed E-state index contributed by atoms with van der Waals surface area (Å²) in [6.07, 6.45) is 0. The van der Waals surface area contributed by atoms with Gasteiger partial charge in [-0.2, -0.15) is 0 Å². The van der Waals surface area contributed by atoms with Crippen LogP contribution < -0.4 is 4.90 Å². The molecule has 2 heteroatoms. The fourth-order valence-corrected chi connectivity index (χ4v) is 10.5. The average Bonchev–Trinajstić information content (AvgIpc) is 3.73. The molecule has 0 N–H and O–H groups in total. The highest BCUT2D eigenvalue weighted by molar-refractivity contribution is 6.19. The minimum Gasteiger partial charge on any atom is -0.310 e. The fourth-order valence-electron chi connectivity index (χ4n) is 10.5. The van der Waals surface area contributed by atoms with Crippen LogP contribution in [0.25, 0.3) is 104 Å². The van der Waals surface area contributed by atoms with Gasteiger partial charge in [-0.25, -0.2) is 0 Å². The highest BCUT2D eigenvalue weighted by atomic mass is 15.1. The second-order valence-electron chi connectivity index (χ2n) is 17.3. The zero-order chi connectivity index (χ0) is 43.6. The van der Waals surface area contributed by atoms with E-state index in [2.05, 4.69) is 264 Å². The summed E-state index contributed by atoms with van der Waals surface area (Å²) in [5, 5.41) is 12.5. The van der Waals surface area contributed by atoms with E-state index < -0.39 is 0 Å². The Kier molecular flexibility index (Phi) is 8.89. The van der Waals surface area contributed by atoms with Gasteiger partial charge in [0.2, 0.25) is 0 Å². The Morgan fingerprint density at radius 2 is 0.879 bits per heavy atom. The zero-order valence-electron chi connectivity index (χ0n) is 36.1. The molecule has 0 unspecified atom stereocenters. The SMILES string of the molecule is c1cc(-c2cc3ccccc3c3ccccc23)cc(N(c2ccc(-c3ccccc3-n3c4ccccc4c4ccc5ccccc5c43)cc2)c2ccccc2-c2ccc3ccccc3c2)c1. The van der Waals surface area contributed by atoms with Crippen molar-refractivity contribution in [3.63, 3.8) is 0 Å². The summed E-state index contributed by atoms with van der Waals surface area (Å²) >= 11 is 0. The third kappa shape index (κ3) is 6.18. The molecule has 1 aromatic heterocycles. The molecule has 13 aromatic rings. The van der Waals surface area contributed by atoms with Crippen molar-refractivity contribution in [3.8, 4) is 39.1 Å². The first-order valence-electron chi connectivity index (χ1n) is 22.8. The summed E-state index contributed by atoms with van der Waals surface area (Å²) in [4.78, 5) is 2.44. The van der Waals surface area contributed by atoms with E-state index in [-0.39, 0.29) is 0 Å². The Balaban J connectivity index is 0.993. The maximum atomic E-state index is 2.48. The van der Waals surface area contributed by atoms with E-state index in [1.165, 1.54) is 87.1 Å². The lowest BCUT2D eigenvalue weighted by Crippen LogP contribution is -2.11. The largest absolute Gasteiger partial charge is 0.310 e. The topological polar surface area (TPSA) is 8.17 Å². The molecule has 0 amide bonds. The van der Waals surface area contributed by atoms with E-state index in [1.807, 2.05) is 0 Å². The van der Waals surface area contributed by atoms with Gasteiger partial charge in [0.1, 0.15) is 0 Å². The van der Waals surface area contributed by atoms with Crippen LogP contribution in [0.5, 0.6) is 0 Å². The van der Waals surface area contributed by atoms with Gasteiger partial charge >= 0.3 is 0 Å². The predicted molar refractivity (Wildman–Crippen MR) is 282 cm³/mol. The second kappa shape index (κ2) is 15.5. The van der Waals surface area contributed by atoms with Gasteiger partial charge in [0.25, 0.3) is 0 Å². The van der Waals surface area contributed by atoms with Gasteiger partial charge in [-0.1, -0.05) is 200 Å². The summed E-state index contributed by atoms with van der Waals surface area (Å²) in [6, 6.07) is 93.4. The smallest absolute Gasteiger partial charge is 0.0619 e. The number of hydrogen-bond donors (Lipinski definition) is 0. The highest BCUT2D eigenvalue weighted by Gasteiger charge is 2.21. The van der Waals surface area contributed by atoms with Crippen LogP contribution in [-0.2, 0) is 0 Å². The minimum absolute atomic E-state index is 1.08. The summed E-state index contributed by atoms with van der Waals surface area (Å²) in [7, 11) is 0. The lowest BCUT2D eigenvalue weighted by atomic mass is 9.93. The maximum Gasteiger partial charge on any atom is 0.0619 e. The van der Waals surface area contributed by atoms with E-state index in [0.29, 0.717) is 0 Å². The first-order chi connectivity index (χ1) is 32.7. The molecule has 0 aliphatic heterocycles. The van der Waals surface area contributed by atoms with Crippen molar-refractivity contribution >= 4 is 82.0 Å². The van der Waals surface area contributed by atoms with Crippen molar-refractivity contribution < 1.29 is 0 Å². The van der Waals surface area contributed by atoms with Crippen LogP contribution in [0.15, 0.2) is 255 Å². The number of nitrogens with zero attached hydrogens (tertiary/aromatic N) is 2. The normalized spacial score (nSPS) is 11.6. The Labute approximate surface area is 383 Å². The molecule has 0 saturated heterocycles. The van der Waals surface area contributed by atoms with Gasteiger partial charge in [0, 0.05) is 38.7 Å². The zero-order valence-corrected chi connectivity index (χ0v) is 36.1. The third-order valence-electron chi connectivity index (χ3n) is 13.5. The highest BCUT2D eigenvalue weighted by Crippen LogP contribution is 2.45. The van der Waals surface area contributed by atoms with Crippen LogP contribution in [0.1, 0.15) is 0 Å². The van der Waals surface area contributed by atoms with Crippen molar-refractivity contribution in [3.05, 3.63) is 255 Å². The lowest BCUT2D eigenvalue weighted by molar-refractivity contribution is 1.19. The number of fused-ring (bicyclic) bond motifs is 9. The molecule has 0 bridgehead atoms. The van der Waals surface area contributed by atoms with Crippen molar-refractivity contribution in [2.24, 2.45) is 0 Å². The molecule has 12 aromatic carbocycles. The Bertz CT molecular complexity index is 4010. The van der Waals surface area contributed by atoms with E-state index in [1.54, 1.807) is 0 Å². The summed E-state index contributed by atoms with van der Waals surface area (Å²) in [5.74, 6) is 0. The summed E-state index contributed by atoms with van der Waals surface area (Å²) in [5.41, 5.74) is 13.9. The monoisotopic (exact) mass is 838 g/mol. The first kappa shape index (κ1) is 37.8. The molecule has 2 nitrogen and oxygen atoms in total. The number of para-hydroxylation sites is 3. The fraction of sp³-hybridized carbons (Fsp3) is 0. The molecule has 0 atom stereocenters. The number of hydrogen-bond acceptors (Lipinski definition) is 1. The Morgan fingerprint density at radius 3 is 1.73 bits per heavy atom. The van der Waals surface area contributed by atoms with Crippen LogP contribution in [0.2, 0.25) is 0 Å². The number of rotatable bonds is 7. The molecule has 0 aliphatic carbocycles. The molecule has 13 rings (SSSR count). The first-order valence-corrected chi connectivity index (χ1v) is 22.8. The van der Waals surface area contributed by atoms with Gasteiger partial charge in [0.15, 0.2) is 0 Å². The average molecular weight is 839 g/mol. The molecule has 0 saturated carbocycles. The molecule has 0 fully saturated rings. The maximum absolute atomic E-state index is 2.48. The van der Waals surface area contributed by atoms with Crippen LogP contribution in [0.3, 0.4) is 0 Å². The van der Waals surface area contributed by atoms with E-state index >= 15 is 0 Å². The van der Waals surface area contributed by atoms with Gasteiger partial charge < -0.3 is 9.47 Å². The van der Waals surface area contributed by atoms with E-state index in [9.17, 15) is 0 Å². The van der Waals surface area contributed by atoms with Crippen molar-refractivity contribution in [2.75, 3.05) is 4.90 Å². The molecule has 0 radical (unpaired) electrons. The quantitative estimate of drug-likeness (QED) is 0.145. The molecule has 1 heterocycles. The molecule has 66 heavy (non-hydrogen) atoms. The molecule has 0 aliphatic rings. The minimum atomic E-state index is 1.08. The predicted octanol–water partition coefficient (Wildman–Crippen LogP) is 17.9. The van der Waals surface area contributed by atoms with Gasteiger partial charge in [-0.05, 0) is 115 Å². The molecular weight excluding hydrogens is 797 g/mol. The number of anilines is 3. The van der Waals surface area contributed by atoms with Crippen molar-refractivity contribution in [1.29, 1.82) is 0 Å². The van der Waals surface area contributed by atoms with Crippen molar-refractivity contribution in [2.45, 2.75) is 0 Å². The van der Waals surface area contributed by atoms with Crippen LogP contribution in [0.4, 0.5) is 17.1 Å². The lowest BCUT2D eigenvalue weighted by Gasteiger charge is -2.29. The van der Waals surface area contributed by atoms with Gasteiger partial charge in [-0.15, -0.1) is 0 Å². The van der Waals surface area contributed by atoms with Gasteiger partial charge in [0.05, 0.1) is 22.4 Å². The third-order valence-corrected chi connectivity index (χ3v) is 13.5. The number of benzene rings is 12. The van der Waals surface area contributed by atoms with E-state index in [4.69, 9.17) is 0 Å². The number of aromatic nitrogens is 1. The van der Waals surface area contributed by atoms with Crippen LogP contribution in [-0.4, -0.2) is 4.57 Å². The standard InChI is InChI=1S/C64H42N2/c1-2-18-46-40-49(33-32-43(46)16-1)54-24-10-12-29-61(54)65(51-21-15-20-47(41-51)60-42-48-19-4-5-22-52(48)56-26-7-8-27-57(56)60)50-37-34-45(35-38-50)53-23-9-13-30-62(53)66-63-31-14-11-28-58(63)59-39-36-44-17-3-6-25-55(44)64(59)66/h1-42H. The van der Waals surface area contributed by atoms with Crippen molar-refractivity contribution in [1.82, 2.24) is 4.57 Å². The van der Waals surface area contributed by atoms with Crippen LogP contribution >= 0.6 is 0 Å². The molecular formula is C64H42N2. The van der Waals surface area contributed by atoms with Gasteiger partial charge in [-0.3, -0.25) is 0 Å². The second-order valence-corrected chi connectivity index (χ2v) is 17.3. The van der Waals surface area contributed by atoms with E-state index in [0.717, 1.165) is 33.9 Å². The summed E-state index contributed by atoms with van der Waals surface area (Å²) in [6.45, 7) is 0.